The van der Waals surface area contributed by atoms with Crippen LogP contribution >= 0.6 is 0 Å². The van der Waals surface area contributed by atoms with E-state index in [0.717, 1.165) is 37.5 Å². The van der Waals surface area contributed by atoms with Crippen molar-refractivity contribution in [1.29, 1.82) is 0 Å². The van der Waals surface area contributed by atoms with Crippen LogP contribution in [0.15, 0.2) is 0 Å². The van der Waals surface area contributed by atoms with Gasteiger partial charge in [0.1, 0.15) is 5.78 Å². The number of aliphatic hydroxyl groups is 1. The number of hydrogen-bond donors (Lipinski definition) is 1. The summed E-state index contributed by atoms with van der Waals surface area (Å²) < 4.78 is 5.81. The Labute approximate surface area is 183 Å². The maximum atomic E-state index is 12.2. The zero-order chi connectivity index (χ0) is 21.3. The molecule has 0 bridgehead atoms. The second-order valence-electron chi connectivity index (χ2n) is 12.9. The predicted molar refractivity (Wildman–Crippen MR) is 119 cm³/mol. The van der Waals surface area contributed by atoms with E-state index in [0.29, 0.717) is 35.1 Å². The van der Waals surface area contributed by atoms with Gasteiger partial charge in [-0.05, 0) is 112 Å². The molecular weight excluding hydrogens is 372 g/mol. The second-order valence-corrected chi connectivity index (χ2v) is 12.9. The zero-order valence-electron chi connectivity index (χ0n) is 19.8. The van der Waals surface area contributed by atoms with Gasteiger partial charge in [0.25, 0.3) is 0 Å². The molecule has 1 aliphatic heterocycles. The van der Waals surface area contributed by atoms with Crippen LogP contribution in [0.5, 0.6) is 0 Å². The average molecular weight is 417 g/mol. The van der Waals surface area contributed by atoms with Crippen molar-refractivity contribution in [2.45, 2.75) is 123 Å². The molecule has 0 spiro atoms. The van der Waals surface area contributed by atoms with Gasteiger partial charge in [0.15, 0.2) is 0 Å². The third-order valence-electron chi connectivity index (χ3n) is 11.2. The summed E-state index contributed by atoms with van der Waals surface area (Å²) in [5.74, 6) is 3.56. The molecule has 5 aliphatic rings. The molecule has 0 radical (unpaired) electrons. The van der Waals surface area contributed by atoms with Crippen LogP contribution in [0.25, 0.3) is 0 Å². The van der Waals surface area contributed by atoms with Gasteiger partial charge in [0.2, 0.25) is 0 Å². The van der Waals surface area contributed by atoms with Crippen molar-refractivity contribution in [3.05, 3.63) is 0 Å². The Morgan fingerprint density at radius 3 is 2.47 bits per heavy atom. The summed E-state index contributed by atoms with van der Waals surface area (Å²) >= 11 is 0. The van der Waals surface area contributed by atoms with Gasteiger partial charge in [-0.3, -0.25) is 4.79 Å². The molecule has 0 aromatic heterocycles. The van der Waals surface area contributed by atoms with E-state index in [1.54, 1.807) is 0 Å². The number of fused-ring (bicyclic) bond motifs is 4. The molecule has 0 amide bonds. The van der Waals surface area contributed by atoms with E-state index in [9.17, 15) is 9.90 Å². The largest absolute Gasteiger partial charge is 0.393 e. The van der Waals surface area contributed by atoms with E-state index >= 15 is 0 Å². The minimum absolute atomic E-state index is 0.129. The topological polar surface area (TPSA) is 49.8 Å². The lowest BCUT2D eigenvalue weighted by molar-refractivity contribution is -0.139. The third kappa shape index (κ3) is 3.41. The van der Waals surface area contributed by atoms with Crippen molar-refractivity contribution in [3.8, 4) is 0 Å². The van der Waals surface area contributed by atoms with E-state index in [1.807, 2.05) is 0 Å². The summed E-state index contributed by atoms with van der Waals surface area (Å²) in [6.07, 6.45) is 14.2. The number of hydrogen-bond acceptors (Lipinski definition) is 3. The Kier molecular flexibility index (Phi) is 5.22. The summed E-state index contributed by atoms with van der Waals surface area (Å²) in [6.45, 7) is 9.51. The van der Waals surface area contributed by atoms with Crippen LogP contribution in [0.2, 0.25) is 0 Å². The Morgan fingerprint density at radius 2 is 1.73 bits per heavy atom. The highest BCUT2D eigenvalue weighted by molar-refractivity contribution is 5.79. The number of aliphatic hydroxyl groups excluding tert-OH is 1. The number of ketones is 1. The Hall–Kier alpha value is -0.410. The summed E-state index contributed by atoms with van der Waals surface area (Å²) in [7, 11) is 0. The van der Waals surface area contributed by atoms with E-state index in [4.69, 9.17) is 4.74 Å². The van der Waals surface area contributed by atoms with E-state index in [1.165, 1.54) is 51.4 Å². The zero-order valence-corrected chi connectivity index (χ0v) is 19.8. The first-order chi connectivity index (χ1) is 14.1. The van der Waals surface area contributed by atoms with Gasteiger partial charge in [-0.15, -0.1) is 0 Å². The van der Waals surface area contributed by atoms with E-state index < -0.39 is 0 Å². The quantitative estimate of drug-likeness (QED) is 0.578. The lowest BCUT2D eigenvalue weighted by Gasteiger charge is -2.55. The highest BCUT2D eigenvalue weighted by Gasteiger charge is 2.58. The second kappa shape index (κ2) is 7.30. The van der Waals surface area contributed by atoms with Crippen LogP contribution in [0.3, 0.4) is 0 Å². The van der Waals surface area contributed by atoms with Crippen LogP contribution < -0.4 is 0 Å². The predicted octanol–water partition coefficient (Wildman–Crippen LogP) is 5.92. The van der Waals surface area contributed by atoms with Crippen molar-refractivity contribution in [3.63, 3.8) is 0 Å². The molecule has 5 rings (SSSR count). The molecule has 3 heteroatoms. The Morgan fingerprint density at radius 1 is 0.967 bits per heavy atom. The standard InChI is InChI=1S/C27H44O3/c1-25(2)24(30-25)7-5-6-17-8-9-18-15-21-22(11-13-26(17,18)3)27(4)12-10-20(28)14-19(27)16-23(21)29/h17-19,21-24,29H,5-16H2,1-4H3/t17-,18?,19-,21-,22-,23?,24-,26+,27-/m0/s1. The normalized spacial score (nSPS) is 52.2. The number of rotatable bonds is 4. The van der Waals surface area contributed by atoms with Crippen LogP contribution in [0.4, 0.5) is 0 Å². The van der Waals surface area contributed by atoms with Gasteiger partial charge in [0.05, 0.1) is 17.8 Å². The molecule has 170 valence electrons. The van der Waals surface area contributed by atoms with Crippen molar-refractivity contribution in [2.75, 3.05) is 0 Å². The van der Waals surface area contributed by atoms with Crippen LogP contribution in [-0.4, -0.2) is 28.7 Å². The third-order valence-corrected chi connectivity index (χ3v) is 11.2. The molecule has 30 heavy (non-hydrogen) atoms. The summed E-state index contributed by atoms with van der Waals surface area (Å²) in [4.78, 5) is 12.2. The van der Waals surface area contributed by atoms with E-state index in [2.05, 4.69) is 27.7 Å². The highest BCUT2D eigenvalue weighted by atomic mass is 16.6. The number of Topliss-reactive ketones (excluding diaryl/α,β-unsaturated/α-hetero) is 1. The molecule has 3 nitrogen and oxygen atoms in total. The summed E-state index contributed by atoms with van der Waals surface area (Å²) in [5.41, 5.74) is 0.855. The monoisotopic (exact) mass is 416 g/mol. The first-order valence-corrected chi connectivity index (χ1v) is 13.0. The van der Waals surface area contributed by atoms with E-state index in [-0.39, 0.29) is 17.1 Å². The Bertz CT molecular complexity index is 686. The fraction of sp³-hybridized carbons (Fsp3) is 0.963. The maximum absolute atomic E-state index is 12.2. The van der Waals surface area contributed by atoms with Crippen molar-refractivity contribution < 1.29 is 14.6 Å². The van der Waals surface area contributed by atoms with Crippen LogP contribution in [0.1, 0.15) is 105 Å². The fourth-order valence-electron chi connectivity index (χ4n) is 8.90. The molecule has 4 aliphatic carbocycles. The maximum Gasteiger partial charge on any atom is 0.133 e. The number of ether oxygens (including phenoxy) is 1. The lowest BCUT2D eigenvalue weighted by Crippen LogP contribution is -2.52. The molecular formula is C27H44O3. The number of carbonyl (C=O) groups is 1. The molecule has 2 unspecified atom stereocenters. The highest BCUT2D eigenvalue weighted by Crippen LogP contribution is 2.64. The molecule has 4 saturated carbocycles. The molecule has 0 aromatic rings. The van der Waals surface area contributed by atoms with Gasteiger partial charge in [-0.1, -0.05) is 20.3 Å². The van der Waals surface area contributed by atoms with Crippen LogP contribution in [-0.2, 0) is 9.53 Å². The summed E-state index contributed by atoms with van der Waals surface area (Å²) in [6, 6.07) is 0. The smallest absolute Gasteiger partial charge is 0.133 e. The van der Waals surface area contributed by atoms with Gasteiger partial charge in [0, 0.05) is 12.8 Å². The first kappa shape index (κ1) is 21.4. The van der Waals surface area contributed by atoms with Gasteiger partial charge >= 0.3 is 0 Å². The van der Waals surface area contributed by atoms with Gasteiger partial charge in [-0.25, -0.2) is 0 Å². The molecule has 1 N–H and O–H groups in total. The minimum Gasteiger partial charge on any atom is -0.393 e. The van der Waals surface area contributed by atoms with Gasteiger partial charge in [-0.2, -0.15) is 0 Å². The molecule has 1 saturated heterocycles. The summed E-state index contributed by atoms with van der Waals surface area (Å²) in [5, 5.41) is 11.2. The Balaban J connectivity index is 1.29. The number of carbonyl (C=O) groups excluding carboxylic acids is 1. The average Bonchev–Trinajstić information content (AvgIpc) is 3.23. The fourth-order valence-corrected chi connectivity index (χ4v) is 8.90. The molecule has 0 aromatic carbocycles. The minimum atomic E-state index is -0.186. The van der Waals surface area contributed by atoms with Crippen molar-refractivity contribution in [1.82, 2.24) is 0 Å². The van der Waals surface area contributed by atoms with Crippen molar-refractivity contribution in [2.24, 2.45) is 40.4 Å². The number of epoxide rings is 1. The van der Waals surface area contributed by atoms with Crippen LogP contribution in [0, 0.1) is 40.4 Å². The van der Waals surface area contributed by atoms with Gasteiger partial charge < -0.3 is 9.84 Å². The lowest BCUT2D eigenvalue weighted by atomic mass is 9.50. The molecule has 5 fully saturated rings. The SMILES string of the molecule is CC1(C)O[C@H]1CCC[C@H]1CCC2C[C@@H]3C(O)C[C@@H]4CC(=O)CC[C@]4(C)[C@H]3CC[C@@]21C. The molecule has 9 atom stereocenters. The van der Waals surface area contributed by atoms with Crippen molar-refractivity contribution >= 4 is 5.78 Å². The molecule has 1 heterocycles. The first-order valence-electron chi connectivity index (χ1n) is 13.0.